The number of carbonyl (C=O) groups is 1. The molecule has 2 rings (SSSR count). The van der Waals surface area contributed by atoms with Crippen molar-refractivity contribution in [3.05, 3.63) is 12.2 Å². The van der Waals surface area contributed by atoms with E-state index in [1.165, 1.54) is 6.33 Å². The molecular formula is C7H9N3O2. The van der Waals surface area contributed by atoms with Crippen LogP contribution in [0, 0.1) is 0 Å². The summed E-state index contributed by atoms with van der Waals surface area (Å²) in [4.78, 5) is 10.4. The first kappa shape index (κ1) is 7.27. The van der Waals surface area contributed by atoms with E-state index in [2.05, 4.69) is 10.2 Å². The second kappa shape index (κ2) is 2.58. The summed E-state index contributed by atoms with van der Waals surface area (Å²) in [5.41, 5.74) is 0. The topological polar surface area (TPSA) is 68.0 Å². The zero-order chi connectivity index (χ0) is 8.55. The van der Waals surface area contributed by atoms with Gasteiger partial charge in [0.15, 0.2) is 0 Å². The molecule has 0 saturated heterocycles. The van der Waals surface area contributed by atoms with Crippen molar-refractivity contribution < 1.29 is 9.90 Å². The van der Waals surface area contributed by atoms with Gasteiger partial charge >= 0.3 is 5.97 Å². The third-order valence-corrected chi connectivity index (χ3v) is 1.89. The summed E-state index contributed by atoms with van der Waals surface area (Å²) in [5.74, 6) is 0.418. The molecule has 1 fully saturated rings. The summed E-state index contributed by atoms with van der Waals surface area (Å²) in [6, 6.07) is 0. The molecule has 1 aromatic rings. The van der Waals surface area contributed by atoms with E-state index in [-0.39, 0.29) is 6.54 Å². The minimum atomic E-state index is -0.850. The van der Waals surface area contributed by atoms with Gasteiger partial charge in [0.05, 0.1) is 0 Å². The van der Waals surface area contributed by atoms with Gasteiger partial charge in [-0.1, -0.05) is 0 Å². The van der Waals surface area contributed by atoms with Gasteiger partial charge in [0, 0.05) is 5.92 Å². The maximum atomic E-state index is 10.4. The van der Waals surface area contributed by atoms with Crippen LogP contribution in [0.25, 0.3) is 0 Å². The average molecular weight is 167 g/mol. The zero-order valence-corrected chi connectivity index (χ0v) is 6.47. The van der Waals surface area contributed by atoms with E-state index >= 15 is 0 Å². The van der Waals surface area contributed by atoms with Crippen LogP contribution < -0.4 is 0 Å². The Balaban J connectivity index is 2.18. The van der Waals surface area contributed by atoms with Crippen molar-refractivity contribution in [1.29, 1.82) is 0 Å². The van der Waals surface area contributed by atoms with Crippen LogP contribution in [-0.2, 0) is 11.3 Å². The van der Waals surface area contributed by atoms with Gasteiger partial charge in [0.25, 0.3) is 0 Å². The van der Waals surface area contributed by atoms with Crippen LogP contribution in [0.15, 0.2) is 6.33 Å². The number of aliphatic carboxylic acids is 1. The summed E-state index contributed by atoms with van der Waals surface area (Å²) in [5, 5.41) is 16.1. The Hall–Kier alpha value is -1.39. The van der Waals surface area contributed by atoms with Crippen molar-refractivity contribution in [3.8, 4) is 0 Å². The fourth-order valence-electron chi connectivity index (χ4n) is 1.19. The molecule has 0 aliphatic heterocycles. The van der Waals surface area contributed by atoms with Gasteiger partial charge in [-0.2, -0.15) is 0 Å². The predicted molar refractivity (Wildman–Crippen MR) is 39.6 cm³/mol. The van der Waals surface area contributed by atoms with Crippen LogP contribution in [0.3, 0.4) is 0 Å². The van der Waals surface area contributed by atoms with E-state index in [1.807, 2.05) is 0 Å². The molecule has 0 spiro atoms. The van der Waals surface area contributed by atoms with Gasteiger partial charge < -0.3 is 9.67 Å². The maximum absolute atomic E-state index is 10.4. The number of nitrogens with zero attached hydrogens (tertiary/aromatic N) is 3. The van der Waals surface area contributed by atoms with E-state index in [4.69, 9.17) is 5.11 Å². The molecule has 64 valence electrons. The lowest BCUT2D eigenvalue weighted by atomic mass is 10.4. The fourth-order valence-corrected chi connectivity index (χ4v) is 1.19. The van der Waals surface area contributed by atoms with Gasteiger partial charge in [0.1, 0.15) is 18.7 Å². The number of hydrogen-bond acceptors (Lipinski definition) is 3. The highest BCUT2D eigenvalue weighted by Gasteiger charge is 2.28. The number of carboxylic acid groups (broad SMARTS) is 1. The highest BCUT2D eigenvalue weighted by atomic mass is 16.4. The maximum Gasteiger partial charge on any atom is 0.323 e. The molecule has 5 nitrogen and oxygen atoms in total. The molecule has 1 aliphatic rings. The third kappa shape index (κ3) is 1.30. The van der Waals surface area contributed by atoms with E-state index in [9.17, 15) is 4.79 Å². The van der Waals surface area contributed by atoms with Crippen LogP contribution in [0.4, 0.5) is 0 Å². The van der Waals surface area contributed by atoms with Gasteiger partial charge in [-0.3, -0.25) is 4.79 Å². The standard InChI is InChI=1S/C7H9N3O2/c11-6(12)3-10-4-8-9-7(10)5-1-2-5/h4-5H,1-3H2,(H,11,12). The third-order valence-electron chi connectivity index (χ3n) is 1.89. The molecule has 0 bridgehead atoms. The molecule has 1 aromatic heterocycles. The highest BCUT2D eigenvalue weighted by molar-refractivity contribution is 5.66. The quantitative estimate of drug-likeness (QED) is 0.700. The van der Waals surface area contributed by atoms with Crippen LogP contribution in [-0.4, -0.2) is 25.8 Å². The molecule has 0 aromatic carbocycles. The van der Waals surface area contributed by atoms with Crippen molar-refractivity contribution in [2.75, 3.05) is 0 Å². The molecule has 1 N–H and O–H groups in total. The number of carboxylic acids is 1. The Morgan fingerprint density at radius 1 is 1.75 bits per heavy atom. The molecule has 1 heterocycles. The lowest BCUT2D eigenvalue weighted by Gasteiger charge is -1.99. The Bertz CT molecular complexity index is 303. The first-order valence-electron chi connectivity index (χ1n) is 3.87. The van der Waals surface area contributed by atoms with Gasteiger partial charge in [-0.15, -0.1) is 10.2 Å². The Labute approximate surface area is 69.0 Å². The molecule has 1 saturated carbocycles. The van der Waals surface area contributed by atoms with Crippen molar-refractivity contribution in [1.82, 2.24) is 14.8 Å². The fraction of sp³-hybridized carbons (Fsp3) is 0.571. The summed E-state index contributed by atoms with van der Waals surface area (Å²) >= 11 is 0. The van der Waals surface area contributed by atoms with Crippen molar-refractivity contribution >= 4 is 5.97 Å². The molecule has 0 amide bonds. The predicted octanol–water partition coefficient (Wildman–Crippen LogP) is 0.240. The molecule has 5 heteroatoms. The lowest BCUT2D eigenvalue weighted by molar-refractivity contribution is -0.137. The van der Waals surface area contributed by atoms with Crippen molar-refractivity contribution in [3.63, 3.8) is 0 Å². The van der Waals surface area contributed by atoms with E-state index < -0.39 is 5.97 Å². The van der Waals surface area contributed by atoms with E-state index in [0.717, 1.165) is 18.7 Å². The van der Waals surface area contributed by atoms with E-state index in [0.29, 0.717) is 5.92 Å². The van der Waals surface area contributed by atoms with Crippen molar-refractivity contribution in [2.45, 2.75) is 25.3 Å². The molecule has 0 atom stereocenters. The number of rotatable bonds is 3. The van der Waals surface area contributed by atoms with E-state index in [1.54, 1.807) is 4.57 Å². The smallest absolute Gasteiger partial charge is 0.323 e. The van der Waals surface area contributed by atoms with Gasteiger partial charge in [-0.25, -0.2) is 0 Å². The SMILES string of the molecule is O=C(O)Cn1cnnc1C1CC1. The largest absolute Gasteiger partial charge is 0.480 e. The number of aromatic nitrogens is 3. The Kier molecular flexibility index (Phi) is 1.56. The second-order valence-electron chi connectivity index (χ2n) is 2.99. The highest BCUT2D eigenvalue weighted by Crippen LogP contribution is 2.38. The molecular weight excluding hydrogens is 158 g/mol. The molecule has 12 heavy (non-hydrogen) atoms. The number of hydrogen-bond donors (Lipinski definition) is 1. The minimum absolute atomic E-state index is 0.0289. The normalized spacial score (nSPS) is 16.3. The van der Waals surface area contributed by atoms with Crippen LogP contribution >= 0.6 is 0 Å². The summed E-state index contributed by atoms with van der Waals surface area (Å²) in [7, 11) is 0. The van der Waals surface area contributed by atoms with Gasteiger partial charge in [0.2, 0.25) is 0 Å². The van der Waals surface area contributed by atoms with Gasteiger partial charge in [-0.05, 0) is 12.8 Å². The van der Waals surface area contributed by atoms with Crippen LogP contribution in [0.1, 0.15) is 24.6 Å². The first-order valence-corrected chi connectivity index (χ1v) is 3.87. The zero-order valence-electron chi connectivity index (χ0n) is 6.47. The van der Waals surface area contributed by atoms with Crippen molar-refractivity contribution in [2.24, 2.45) is 0 Å². The first-order chi connectivity index (χ1) is 5.77. The second-order valence-corrected chi connectivity index (χ2v) is 2.99. The summed E-state index contributed by atoms with van der Waals surface area (Å²) < 4.78 is 1.60. The molecule has 0 radical (unpaired) electrons. The van der Waals surface area contributed by atoms with Crippen LogP contribution in [0.5, 0.6) is 0 Å². The average Bonchev–Trinajstić information content (AvgIpc) is 2.73. The summed E-state index contributed by atoms with van der Waals surface area (Å²) in [6.45, 7) is -0.0289. The monoisotopic (exact) mass is 167 g/mol. The molecule has 1 aliphatic carbocycles. The lowest BCUT2D eigenvalue weighted by Crippen LogP contribution is -2.10. The Morgan fingerprint density at radius 3 is 3.08 bits per heavy atom. The Morgan fingerprint density at radius 2 is 2.50 bits per heavy atom. The van der Waals surface area contributed by atoms with Crippen LogP contribution in [0.2, 0.25) is 0 Å². The summed E-state index contributed by atoms with van der Waals surface area (Å²) in [6.07, 6.45) is 3.69. The molecule has 0 unspecified atom stereocenters. The minimum Gasteiger partial charge on any atom is -0.480 e.